The molecule has 2 aromatic rings. The lowest BCUT2D eigenvalue weighted by atomic mass is 10.0. The topological polar surface area (TPSA) is 208 Å². The van der Waals surface area contributed by atoms with E-state index in [1.807, 2.05) is 0 Å². The number of aromatic hydroxyl groups is 1. The number of phenolic OH excluding ortho intramolecular Hbond substituents is 1. The first-order chi connectivity index (χ1) is 18.8. The molecule has 2 rings (SSSR count). The molecule has 0 fully saturated rings. The maximum Gasteiger partial charge on any atom is 0.326 e. The summed E-state index contributed by atoms with van der Waals surface area (Å²) >= 11 is 0. The normalized spacial score (nSPS) is 13.9. The molecule has 40 heavy (non-hydrogen) atoms. The number of carboxylic acid groups (broad SMARTS) is 2. The number of nitrogens with one attached hydrogen (secondary N) is 3. The molecule has 4 unspecified atom stereocenters. The molecular weight excluding hydrogens is 520 g/mol. The molecule has 8 N–H and O–H groups in total. The number of carbonyl (C=O) groups is 5. The Morgan fingerprint density at radius 1 is 0.725 bits per heavy atom. The molecule has 12 nitrogen and oxygen atoms in total. The van der Waals surface area contributed by atoms with Gasteiger partial charge in [0.25, 0.3) is 0 Å². The van der Waals surface area contributed by atoms with Gasteiger partial charge < -0.3 is 37.0 Å². The minimum Gasteiger partial charge on any atom is -0.508 e. The van der Waals surface area contributed by atoms with E-state index in [0.717, 1.165) is 0 Å². The summed E-state index contributed by atoms with van der Waals surface area (Å²) in [5, 5.41) is 35.6. The van der Waals surface area contributed by atoms with Gasteiger partial charge in [0.15, 0.2) is 0 Å². The van der Waals surface area contributed by atoms with Gasteiger partial charge in [-0.3, -0.25) is 19.2 Å². The average Bonchev–Trinajstić information content (AvgIpc) is 2.88. The molecule has 2 aromatic carbocycles. The zero-order valence-electron chi connectivity index (χ0n) is 22.4. The predicted octanol–water partition coefficient (Wildman–Crippen LogP) is 0.565. The largest absolute Gasteiger partial charge is 0.508 e. The number of hydrogen-bond donors (Lipinski definition) is 7. The van der Waals surface area contributed by atoms with E-state index in [-0.39, 0.29) is 30.9 Å². The van der Waals surface area contributed by atoms with E-state index < -0.39 is 60.2 Å². The second kappa shape index (κ2) is 15.2. The zero-order chi connectivity index (χ0) is 29.8. The van der Waals surface area contributed by atoms with Crippen LogP contribution in [0.4, 0.5) is 0 Å². The van der Waals surface area contributed by atoms with E-state index in [1.165, 1.54) is 12.1 Å². The highest BCUT2D eigenvalue weighted by atomic mass is 16.4. The van der Waals surface area contributed by atoms with Crippen molar-refractivity contribution in [2.75, 3.05) is 0 Å². The number of rotatable bonds is 15. The summed E-state index contributed by atoms with van der Waals surface area (Å²) in [6.45, 7) is 3.60. The number of phenols is 1. The fourth-order valence-electron chi connectivity index (χ4n) is 3.94. The number of hydrogen-bond acceptors (Lipinski definition) is 7. The quantitative estimate of drug-likeness (QED) is 0.163. The Morgan fingerprint density at radius 3 is 1.80 bits per heavy atom. The first-order valence-electron chi connectivity index (χ1n) is 12.8. The minimum absolute atomic E-state index is 0.0134. The van der Waals surface area contributed by atoms with Gasteiger partial charge in [0, 0.05) is 6.42 Å². The lowest BCUT2D eigenvalue weighted by Crippen LogP contribution is -2.58. The van der Waals surface area contributed by atoms with Gasteiger partial charge in [-0.05, 0) is 42.0 Å². The van der Waals surface area contributed by atoms with Gasteiger partial charge in [0.2, 0.25) is 17.7 Å². The summed E-state index contributed by atoms with van der Waals surface area (Å²) in [5.41, 5.74) is 7.26. The Bertz CT molecular complexity index is 1170. The van der Waals surface area contributed by atoms with Gasteiger partial charge in [-0.1, -0.05) is 56.3 Å². The molecule has 0 bridgehead atoms. The first kappa shape index (κ1) is 31.8. The SMILES string of the molecule is CC(C)CC(NC(=O)C(Cc1ccccc1)NC(=O)C(CC(=O)O)NC(=O)C(N)Cc1ccc(O)cc1)C(=O)O. The monoisotopic (exact) mass is 556 g/mol. The van der Waals surface area contributed by atoms with Crippen LogP contribution in [0.25, 0.3) is 0 Å². The van der Waals surface area contributed by atoms with E-state index in [4.69, 9.17) is 5.73 Å². The number of benzene rings is 2. The zero-order valence-corrected chi connectivity index (χ0v) is 22.4. The molecule has 0 aromatic heterocycles. The van der Waals surface area contributed by atoms with Gasteiger partial charge in [-0.2, -0.15) is 0 Å². The Labute approximate surface area is 232 Å². The van der Waals surface area contributed by atoms with Crippen molar-refractivity contribution < 1.29 is 39.3 Å². The highest BCUT2D eigenvalue weighted by molar-refractivity contribution is 5.95. The molecule has 0 saturated carbocycles. The molecule has 0 radical (unpaired) electrons. The summed E-state index contributed by atoms with van der Waals surface area (Å²) in [6, 6.07) is 9.49. The third-order valence-corrected chi connectivity index (χ3v) is 5.98. The van der Waals surface area contributed by atoms with Crippen molar-refractivity contribution in [3.8, 4) is 5.75 Å². The van der Waals surface area contributed by atoms with Crippen molar-refractivity contribution in [1.82, 2.24) is 16.0 Å². The number of amides is 3. The fourth-order valence-corrected chi connectivity index (χ4v) is 3.94. The fraction of sp³-hybridized carbons (Fsp3) is 0.393. The van der Waals surface area contributed by atoms with E-state index in [1.54, 1.807) is 56.3 Å². The molecule has 0 aliphatic rings. The molecule has 4 atom stereocenters. The van der Waals surface area contributed by atoms with Crippen LogP contribution in [0.15, 0.2) is 54.6 Å². The van der Waals surface area contributed by atoms with Crippen LogP contribution in [-0.2, 0) is 36.8 Å². The summed E-state index contributed by atoms with van der Waals surface area (Å²) in [6.07, 6.45) is -0.586. The highest BCUT2D eigenvalue weighted by Gasteiger charge is 2.32. The molecule has 0 aliphatic heterocycles. The van der Waals surface area contributed by atoms with E-state index in [0.29, 0.717) is 11.1 Å². The van der Waals surface area contributed by atoms with Gasteiger partial charge in [-0.25, -0.2) is 4.79 Å². The molecule has 12 heteroatoms. The van der Waals surface area contributed by atoms with Gasteiger partial charge in [-0.15, -0.1) is 0 Å². The smallest absolute Gasteiger partial charge is 0.326 e. The lowest BCUT2D eigenvalue weighted by Gasteiger charge is -2.25. The lowest BCUT2D eigenvalue weighted by molar-refractivity contribution is -0.143. The molecule has 216 valence electrons. The van der Waals surface area contributed by atoms with Crippen LogP contribution in [-0.4, -0.2) is 69.1 Å². The average molecular weight is 557 g/mol. The number of carboxylic acids is 2. The van der Waals surface area contributed by atoms with Crippen LogP contribution in [0, 0.1) is 5.92 Å². The summed E-state index contributed by atoms with van der Waals surface area (Å²) in [4.78, 5) is 62.3. The van der Waals surface area contributed by atoms with Crippen molar-refractivity contribution in [3.63, 3.8) is 0 Å². The van der Waals surface area contributed by atoms with E-state index in [9.17, 15) is 39.3 Å². The molecule has 3 amide bonds. The third-order valence-electron chi connectivity index (χ3n) is 5.98. The van der Waals surface area contributed by atoms with E-state index >= 15 is 0 Å². The maximum atomic E-state index is 13.2. The van der Waals surface area contributed by atoms with Gasteiger partial charge in [0.1, 0.15) is 23.9 Å². The molecule has 0 heterocycles. The Kier molecular flexibility index (Phi) is 12.1. The Morgan fingerprint density at radius 2 is 1.25 bits per heavy atom. The summed E-state index contributed by atoms with van der Waals surface area (Å²) < 4.78 is 0. The number of aliphatic carboxylic acids is 2. The van der Waals surface area contributed by atoms with Crippen molar-refractivity contribution in [3.05, 3.63) is 65.7 Å². The van der Waals surface area contributed by atoms with Gasteiger partial charge >= 0.3 is 11.9 Å². The van der Waals surface area contributed by atoms with Crippen LogP contribution in [0.1, 0.15) is 37.8 Å². The van der Waals surface area contributed by atoms with Crippen molar-refractivity contribution in [1.29, 1.82) is 0 Å². The van der Waals surface area contributed by atoms with Crippen LogP contribution in [0.2, 0.25) is 0 Å². The van der Waals surface area contributed by atoms with Crippen molar-refractivity contribution in [2.24, 2.45) is 11.7 Å². The van der Waals surface area contributed by atoms with Crippen LogP contribution >= 0.6 is 0 Å². The first-order valence-corrected chi connectivity index (χ1v) is 12.8. The van der Waals surface area contributed by atoms with E-state index in [2.05, 4.69) is 16.0 Å². The van der Waals surface area contributed by atoms with Crippen LogP contribution in [0.5, 0.6) is 5.75 Å². The number of carbonyl (C=O) groups excluding carboxylic acids is 3. The molecule has 0 aliphatic carbocycles. The van der Waals surface area contributed by atoms with Gasteiger partial charge in [0.05, 0.1) is 12.5 Å². The standard InChI is InChI=1S/C28H36N4O8/c1-16(2)12-23(28(39)40)32-26(37)21(14-17-6-4-3-5-7-17)31-27(38)22(15-24(34)35)30-25(36)20(29)13-18-8-10-19(33)11-9-18/h3-11,16,20-23,33H,12-15,29H2,1-2H3,(H,30,36)(H,31,38)(H,32,37)(H,34,35)(H,39,40). The molecular formula is C28H36N4O8. The molecule has 0 spiro atoms. The summed E-state index contributed by atoms with van der Waals surface area (Å²) in [7, 11) is 0. The minimum atomic E-state index is -1.56. The summed E-state index contributed by atoms with van der Waals surface area (Å²) in [5.74, 6) is -5.11. The highest BCUT2D eigenvalue weighted by Crippen LogP contribution is 2.12. The maximum absolute atomic E-state index is 13.2. The number of nitrogens with two attached hydrogens (primary N) is 1. The third kappa shape index (κ3) is 10.7. The van der Waals surface area contributed by atoms with Crippen molar-refractivity contribution >= 4 is 29.7 Å². The van der Waals surface area contributed by atoms with Crippen LogP contribution in [0.3, 0.4) is 0 Å². The Balaban J connectivity index is 2.20. The Hall–Kier alpha value is -4.45. The predicted molar refractivity (Wildman–Crippen MR) is 145 cm³/mol. The molecule has 0 saturated heterocycles. The van der Waals surface area contributed by atoms with Crippen molar-refractivity contribution in [2.45, 2.75) is 63.7 Å². The van der Waals surface area contributed by atoms with Crippen LogP contribution < -0.4 is 21.7 Å². The second-order valence-corrected chi connectivity index (χ2v) is 9.92. The second-order valence-electron chi connectivity index (χ2n) is 9.92.